The number of rotatable bonds is 7. The van der Waals surface area contributed by atoms with Gasteiger partial charge < -0.3 is 5.11 Å². The zero-order chi connectivity index (χ0) is 24.6. The van der Waals surface area contributed by atoms with Gasteiger partial charge in [0.1, 0.15) is 0 Å². The van der Waals surface area contributed by atoms with Crippen molar-refractivity contribution in [2.24, 2.45) is 5.92 Å². The monoisotopic (exact) mass is 477 g/mol. The first kappa shape index (κ1) is 23.0. The van der Waals surface area contributed by atoms with Crippen LogP contribution in [0.2, 0.25) is 0 Å². The molecule has 5 rings (SSSR count). The minimum absolute atomic E-state index is 0.0941. The maximum Gasteiger partial charge on any atom is 0.329 e. The number of hydrogen-bond donors (Lipinski definition) is 1. The number of hydrogen-bond acceptors (Lipinski definition) is 3. The Morgan fingerprint density at radius 2 is 1.49 bits per heavy atom. The summed E-state index contributed by atoms with van der Waals surface area (Å²) in [5, 5.41) is 9.01. The zero-order valence-corrected chi connectivity index (χ0v) is 19.0. The number of aliphatic carboxylic acids is 1. The molecule has 0 radical (unpaired) electrons. The molecular weight excluding hydrogens is 452 g/mol. The van der Waals surface area contributed by atoms with Gasteiger partial charge in [-0.1, -0.05) is 54.6 Å². The highest BCUT2D eigenvalue weighted by molar-refractivity contribution is 6.06. The van der Waals surface area contributed by atoms with Gasteiger partial charge in [0.15, 0.2) is 0 Å². The van der Waals surface area contributed by atoms with Gasteiger partial charge in [0.2, 0.25) is 0 Å². The summed E-state index contributed by atoms with van der Waals surface area (Å²) in [6, 6.07) is 21.0. The number of likely N-dealkylation sites (tertiary alicyclic amines) is 1. The van der Waals surface area contributed by atoms with Crippen molar-refractivity contribution in [3.63, 3.8) is 0 Å². The van der Waals surface area contributed by atoms with Crippen molar-refractivity contribution in [2.45, 2.75) is 12.5 Å². The van der Waals surface area contributed by atoms with E-state index >= 15 is 8.78 Å². The Labute approximate surface area is 202 Å². The quantitative estimate of drug-likeness (QED) is 0.532. The van der Waals surface area contributed by atoms with E-state index < -0.39 is 11.9 Å². The summed E-state index contributed by atoms with van der Waals surface area (Å²) in [5.74, 6) is -4.23. The van der Waals surface area contributed by atoms with Gasteiger partial charge in [0.05, 0.1) is 5.92 Å². The molecule has 0 aromatic heterocycles. The van der Waals surface area contributed by atoms with Crippen LogP contribution >= 0.6 is 0 Å². The Morgan fingerprint density at radius 1 is 0.857 bits per heavy atom. The molecule has 2 aliphatic rings. The smallest absolute Gasteiger partial charge is 0.329 e. The van der Waals surface area contributed by atoms with Crippen LogP contribution in [0.5, 0.6) is 0 Å². The minimum atomic E-state index is -3.17. The van der Waals surface area contributed by atoms with Gasteiger partial charge in [-0.15, -0.1) is 0 Å². The molecule has 2 heterocycles. The fourth-order valence-electron chi connectivity index (χ4n) is 4.59. The lowest BCUT2D eigenvalue weighted by molar-refractivity contribution is -0.147. The number of anilines is 2. The topological polar surface area (TPSA) is 64.1 Å². The summed E-state index contributed by atoms with van der Waals surface area (Å²) in [4.78, 5) is 29.3. The second kappa shape index (κ2) is 9.11. The van der Waals surface area contributed by atoms with Crippen molar-refractivity contribution in [3.05, 3.63) is 95.6 Å². The lowest BCUT2D eigenvalue weighted by Crippen LogP contribution is -2.49. The first-order valence-electron chi connectivity index (χ1n) is 11.5. The van der Waals surface area contributed by atoms with E-state index in [0.717, 1.165) is 11.3 Å². The largest absolute Gasteiger partial charge is 0.481 e. The van der Waals surface area contributed by atoms with Crippen LogP contribution in [0.15, 0.2) is 78.9 Å². The molecule has 6 nitrogen and oxygen atoms in total. The van der Waals surface area contributed by atoms with E-state index in [1.54, 1.807) is 35.2 Å². The number of alkyl halides is 2. The fraction of sp³-hybridized carbons (Fsp3) is 0.259. The van der Waals surface area contributed by atoms with Gasteiger partial charge in [-0.3, -0.25) is 19.5 Å². The van der Waals surface area contributed by atoms with E-state index in [9.17, 15) is 9.59 Å². The molecule has 0 spiro atoms. The molecule has 35 heavy (non-hydrogen) atoms. The second-order valence-electron chi connectivity index (χ2n) is 8.97. The lowest BCUT2D eigenvalue weighted by atomic mass is 9.99. The second-order valence-corrected chi connectivity index (χ2v) is 8.97. The molecule has 0 saturated carbocycles. The predicted molar refractivity (Wildman–Crippen MR) is 129 cm³/mol. The van der Waals surface area contributed by atoms with Gasteiger partial charge >= 0.3 is 12.0 Å². The van der Waals surface area contributed by atoms with Gasteiger partial charge in [0.25, 0.3) is 5.92 Å². The number of halogens is 2. The van der Waals surface area contributed by atoms with Crippen LogP contribution in [0.1, 0.15) is 16.7 Å². The summed E-state index contributed by atoms with van der Waals surface area (Å²) in [6.07, 6.45) is 0. The molecule has 3 aromatic carbocycles. The van der Waals surface area contributed by atoms with E-state index in [4.69, 9.17) is 5.11 Å². The molecule has 3 aromatic rings. The summed E-state index contributed by atoms with van der Waals surface area (Å²) in [6.45, 7) is 2.58. The summed E-state index contributed by atoms with van der Waals surface area (Å²) in [5.41, 5.74) is 1.96. The maximum absolute atomic E-state index is 15.1. The standard InChI is InChI=1S/C27H25F2N3O3/c28-27(29,21-5-2-1-3-6-21)22-7-4-8-24(15-22)32-14-13-31(26(32)35)23-11-9-19(10-12-23)16-30-17-20(18-30)25(33)34/h1-12,15,20H,13-14,16-18H2,(H,33,34). The molecule has 2 amide bonds. The van der Waals surface area contributed by atoms with Gasteiger partial charge in [0, 0.05) is 55.2 Å². The normalized spacial score (nSPS) is 17.0. The average molecular weight is 478 g/mol. The van der Waals surface area contributed by atoms with Crippen LogP contribution in [-0.4, -0.2) is 48.2 Å². The van der Waals surface area contributed by atoms with Gasteiger partial charge in [-0.05, 0) is 29.8 Å². The summed E-state index contributed by atoms with van der Waals surface area (Å²) >= 11 is 0. The molecule has 2 fully saturated rings. The lowest BCUT2D eigenvalue weighted by Gasteiger charge is -2.36. The predicted octanol–water partition coefficient (Wildman–Crippen LogP) is 4.79. The highest BCUT2D eigenvalue weighted by Crippen LogP contribution is 2.37. The first-order chi connectivity index (χ1) is 16.8. The number of urea groups is 1. The third-order valence-electron chi connectivity index (χ3n) is 6.63. The molecule has 2 saturated heterocycles. The van der Waals surface area contributed by atoms with Crippen molar-refractivity contribution in [3.8, 4) is 0 Å². The van der Waals surface area contributed by atoms with E-state index in [-0.39, 0.29) is 23.1 Å². The molecule has 180 valence electrons. The van der Waals surface area contributed by atoms with Crippen LogP contribution in [0.3, 0.4) is 0 Å². The number of benzene rings is 3. The SMILES string of the molecule is O=C(O)C1CN(Cc2ccc(N3CCN(c4cccc(C(F)(F)c5ccccc5)c4)C3=O)cc2)C1. The molecule has 0 bridgehead atoms. The number of nitrogens with zero attached hydrogens (tertiary/aromatic N) is 3. The number of amides is 2. The Morgan fingerprint density at radius 3 is 2.14 bits per heavy atom. The number of carboxylic acids is 1. The van der Waals surface area contributed by atoms with Gasteiger partial charge in [-0.25, -0.2) is 4.79 Å². The van der Waals surface area contributed by atoms with Crippen molar-refractivity contribution < 1.29 is 23.5 Å². The van der Waals surface area contributed by atoms with Crippen molar-refractivity contribution >= 4 is 23.4 Å². The number of carbonyl (C=O) groups is 2. The van der Waals surface area contributed by atoms with Crippen LogP contribution in [0.25, 0.3) is 0 Å². The number of carboxylic acid groups (broad SMARTS) is 1. The molecular formula is C27H25F2N3O3. The molecule has 0 unspecified atom stereocenters. The zero-order valence-electron chi connectivity index (χ0n) is 19.0. The summed E-state index contributed by atoms with van der Waals surface area (Å²) < 4.78 is 30.1. The van der Waals surface area contributed by atoms with Gasteiger partial charge in [-0.2, -0.15) is 8.78 Å². The Balaban J connectivity index is 1.27. The molecule has 2 aliphatic heterocycles. The fourth-order valence-corrected chi connectivity index (χ4v) is 4.59. The molecule has 0 atom stereocenters. The molecule has 8 heteroatoms. The van der Waals surface area contributed by atoms with E-state index in [1.807, 2.05) is 24.3 Å². The third kappa shape index (κ3) is 4.49. The van der Waals surface area contributed by atoms with Crippen LogP contribution in [-0.2, 0) is 17.3 Å². The van der Waals surface area contributed by atoms with E-state index in [0.29, 0.717) is 38.4 Å². The Hall–Kier alpha value is -3.78. The number of carbonyl (C=O) groups excluding carboxylic acids is 1. The minimum Gasteiger partial charge on any atom is -0.481 e. The molecule has 1 N–H and O–H groups in total. The first-order valence-corrected chi connectivity index (χ1v) is 11.5. The van der Waals surface area contributed by atoms with Crippen LogP contribution < -0.4 is 9.80 Å². The van der Waals surface area contributed by atoms with E-state index in [1.165, 1.54) is 29.2 Å². The highest BCUT2D eigenvalue weighted by atomic mass is 19.3. The maximum atomic E-state index is 15.1. The highest BCUT2D eigenvalue weighted by Gasteiger charge is 2.36. The van der Waals surface area contributed by atoms with Crippen molar-refractivity contribution in [1.82, 2.24) is 4.90 Å². The average Bonchev–Trinajstić information content (AvgIpc) is 3.23. The third-order valence-corrected chi connectivity index (χ3v) is 6.63. The van der Waals surface area contributed by atoms with Crippen LogP contribution in [0, 0.1) is 5.92 Å². The van der Waals surface area contributed by atoms with E-state index in [2.05, 4.69) is 4.90 Å². The van der Waals surface area contributed by atoms with Crippen LogP contribution in [0.4, 0.5) is 25.0 Å². The Bertz CT molecular complexity index is 1230. The van der Waals surface area contributed by atoms with Crippen molar-refractivity contribution in [1.29, 1.82) is 0 Å². The molecule has 0 aliphatic carbocycles. The Kier molecular flexibility index (Phi) is 5.98. The summed E-state index contributed by atoms with van der Waals surface area (Å²) in [7, 11) is 0. The van der Waals surface area contributed by atoms with Crippen molar-refractivity contribution in [2.75, 3.05) is 36.0 Å².